The van der Waals surface area contributed by atoms with E-state index in [0.717, 1.165) is 31.2 Å². The Labute approximate surface area is 118 Å². The number of amides is 1. The Morgan fingerprint density at radius 2 is 2.11 bits per heavy atom. The maximum Gasteiger partial charge on any atom is 0.226 e. The highest BCUT2D eigenvalue weighted by Gasteiger charge is 2.35. The van der Waals surface area contributed by atoms with E-state index in [1.165, 1.54) is 19.3 Å². The van der Waals surface area contributed by atoms with Crippen molar-refractivity contribution < 1.29 is 9.53 Å². The van der Waals surface area contributed by atoms with Crippen LogP contribution in [0.25, 0.3) is 0 Å². The molecule has 2 aliphatic rings. The fraction of sp³-hybridized carbons (Fsp3) is 0.929. The molecule has 3 nitrogen and oxygen atoms in total. The molecule has 1 aliphatic heterocycles. The van der Waals surface area contributed by atoms with Crippen molar-refractivity contribution in [2.45, 2.75) is 57.6 Å². The first kappa shape index (κ1) is 14.3. The van der Waals surface area contributed by atoms with Crippen molar-refractivity contribution in [3.05, 3.63) is 0 Å². The minimum Gasteiger partial charge on any atom is -0.377 e. The Morgan fingerprint density at radius 1 is 1.33 bits per heavy atom. The van der Waals surface area contributed by atoms with E-state index in [-0.39, 0.29) is 17.9 Å². The highest BCUT2D eigenvalue weighted by molar-refractivity contribution is 9.09. The molecule has 18 heavy (non-hydrogen) atoms. The van der Waals surface area contributed by atoms with Crippen molar-refractivity contribution in [1.29, 1.82) is 0 Å². The van der Waals surface area contributed by atoms with Crippen LogP contribution in [-0.4, -0.2) is 30.0 Å². The molecule has 0 radical (unpaired) electrons. The van der Waals surface area contributed by atoms with Gasteiger partial charge in [-0.3, -0.25) is 4.79 Å². The van der Waals surface area contributed by atoms with Crippen LogP contribution >= 0.6 is 15.9 Å². The summed E-state index contributed by atoms with van der Waals surface area (Å²) in [7, 11) is 0. The van der Waals surface area contributed by atoms with E-state index in [2.05, 4.69) is 28.2 Å². The Hall–Kier alpha value is -0.0900. The molecule has 4 atom stereocenters. The lowest BCUT2D eigenvalue weighted by Gasteiger charge is -2.32. The third kappa shape index (κ3) is 3.27. The van der Waals surface area contributed by atoms with Gasteiger partial charge >= 0.3 is 0 Å². The zero-order valence-corrected chi connectivity index (χ0v) is 12.7. The molecule has 1 amide bonds. The third-order valence-corrected chi connectivity index (χ3v) is 5.22. The van der Waals surface area contributed by atoms with Gasteiger partial charge in [0.15, 0.2) is 0 Å². The standard InChI is InChI=1S/C14H24BrNO2/c1-2-13-11(7-8-18-13)14(17)16-12-6-4-3-5-10(12)9-15/h10-13H,2-9H2,1H3,(H,16,17). The molecule has 1 aliphatic carbocycles. The van der Waals surface area contributed by atoms with Crippen LogP contribution in [0.3, 0.4) is 0 Å². The average Bonchev–Trinajstić information content (AvgIpc) is 2.87. The first-order valence-corrected chi connectivity index (χ1v) is 8.36. The molecule has 2 rings (SSSR count). The Bertz CT molecular complexity index is 285. The van der Waals surface area contributed by atoms with Gasteiger partial charge in [-0.2, -0.15) is 0 Å². The molecule has 2 fully saturated rings. The fourth-order valence-corrected chi connectivity index (χ4v) is 4.00. The van der Waals surface area contributed by atoms with Crippen LogP contribution in [0, 0.1) is 11.8 Å². The van der Waals surface area contributed by atoms with E-state index in [1.54, 1.807) is 0 Å². The summed E-state index contributed by atoms with van der Waals surface area (Å²) in [4.78, 5) is 12.3. The second-order valence-corrected chi connectivity index (χ2v) is 6.17. The number of hydrogen-bond acceptors (Lipinski definition) is 2. The predicted molar refractivity (Wildman–Crippen MR) is 75.8 cm³/mol. The predicted octanol–water partition coefficient (Wildman–Crippen LogP) is 2.87. The number of halogens is 1. The zero-order chi connectivity index (χ0) is 13.0. The Morgan fingerprint density at radius 3 is 2.83 bits per heavy atom. The average molecular weight is 318 g/mol. The van der Waals surface area contributed by atoms with Crippen molar-refractivity contribution >= 4 is 21.8 Å². The Kier molecular flexibility index (Phi) is 5.49. The first-order valence-electron chi connectivity index (χ1n) is 7.24. The zero-order valence-electron chi connectivity index (χ0n) is 11.2. The summed E-state index contributed by atoms with van der Waals surface area (Å²) in [6.07, 6.45) is 6.86. The van der Waals surface area contributed by atoms with Crippen LogP contribution in [0.15, 0.2) is 0 Å². The number of nitrogens with one attached hydrogen (secondary N) is 1. The highest BCUT2D eigenvalue weighted by atomic mass is 79.9. The molecule has 0 aromatic heterocycles. The quantitative estimate of drug-likeness (QED) is 0.810. The largest absolute Gasteiger partial charge is 0.377 e. The molecule has 4 unspecified atom stereocenters. The number of carbonyl (C=O) groups is 1. The van der Waals surface area contributed by atoms with Gasteiger partial charge in [-0.15, -0.1) is 0 Å². The summed E-state index contributed by atoms with van der Waals surface area (Å²) in [5.74, 6) is 0.898. The number of hydrogen-bond donors (Lipinski definition) is 1. The molecule has 1 N–H and O–H groups in total. The van der Waals surface area contributed by atoms with Gasteiger partial charge in [0.2, 0.25) is 5.91 Å². The van der Waals surface area contributed by atoms with Crippen molar-refractivity contribution in [2.24, 2.45) is 11.8 Å². The SMILES string of the molecule is CCC1OCCC1C(=O)NC1CCCCC1CBr. The van der Waals surface area contributed by atoms with Crippen molar-refractivity contribution in [3.63, 3.8) is 0 Å². The summed E-state index contributed by atoms with van der Waals surface area (Å²) in [5, 5.41) is 4.27. The molecule has 1 saturated heterocycles. The molecular formula is C14H24BrNO2. The van der Waals surface area contributed by atoms with E-state index in [1.807, 2.05) is 0 Å². The summed E-state index contributed by atoms with van der Waals surface area (Å²) >= 11 is 3.57. The molecular weight excluding hydrogens is 294 g/mol. The van der Waals surface area contributed by atoms with Crippen LogP contribution in [-0.2, 0) is 9.53 Å². The molecule has 4 heteroatoms. The van der Waals surface area contributed by atoms with E-state index in [4.69, 9.17) is 4.74 Å². The van der Waals surface area contributed by atoms with Crippen molar-refractivity contribution in [1.82, 2.24) is 5.32 Å². The molecule has 104 valence electrons. The van der Waals surface area contributed by atoms with Gasteiger partial charge < -0.3 is 10.1 Å². The van der Waals surface area contributed by atoms with E-state index < -0.39 is 0 Å². The monoisotopic (exact) mass is 317 g/mol. The minimum absolute atomic E-state index is 0.0768. The topological polar surface area (TPSA) is 38.3 Å². The number of alkyl halides is 1. The molecule has 1 heterocycles. The summed E-state index contributed by atoms with van der Waals surface area (Å²) in [5.41, 5.74) is 0. The maximum absolute atomic E-state index is 12.3. The second kappa shape index (κ2) is 6.90. The van der Waals surface area contributed by atoms with Crippen LogP contribution in [0.4, 0.5) is 0 Å². The van der Waals surface area contributed by atoms with Gasteiger partial charge in [-0.05, 0) is 31.6 Å². The summed E-state index contributed by atoms with van der Waals surface area (Å²) in [6, 6.07) is 0.365. The smallest absolute Gasteiger partial charge is 0.226 e. The number of carbonyl (C=O) groups excluding carboxylic acids is 1. The van der Waals surface area contributed by atoms with Crippen LogP contribution < -0.4 is 5.32 Å². The van der Waals surface area contributed by atoms with Crippen molar-refractivity contribution in [3.8, 4) is 0 Å². The molecule has 0 aromatic carbocycles. The molecule has 0 aromatic rings. The highest BCUT2D eigenvalue weighted by Crippen LogP contribution is 2.28. The number of ether oxygens (including phenoxy) is 1. The molecule has 0 bridgehead atoms. The number of rotatable bonds is 4. The third-order valence-electron chi connectivity index (χ3n) is 4.38. The summed E-state index contributed by atoms with van der Waals surface area (Å²) < 4.78 is 5.61. The molecule has 1 saturated carbocycles. The van der Waals surface area contributed by atoms with E-state index in [9.17, 15) is 4.79 Å². The van der Waals surface area contributed by atoms with Gasteiger partial charge in [-0.1, -0.05) is 35.7 Å². The summed E-state index contributed by atoms with van der Waals surface area (Å²) in [6.45, 7) is 2.83. The lowest BCUT2D eigenvalue weighted by Crippen LogP contribution is -2.46. The fourth-order valence-electron chi connectivity index (χ4n) is 3.22. The van der Waals surface area contributed by atoms with Gasteiger partial charge in [0.1, 0.15) is 0 Å². The van der Waals surface area contributed by atoms with Crippen LogP contribution in [0.2, 0.25) is 0 Å². The second-order valence-electron chi connectivity index (χ2n) is 5.53. The van der Waals surface area contributed by atoms with Gasteiger partial charge in [0, 0.05) is 18.0 Å². The lowest BCUT2D eigenvalue weighted by atomic mass is 9.85. The van der Waals surface area contributed by atoms with Gasteiger partial charge in [-0.25, -0.2) is 0 Å². The van der Waals surface area contributed by atoms with E-state index >= 15 is 0 Å². The van der Waals surface area contributed by atoms with Gasteiger partial charge in [0.25, 0.3) is 0 Å². The Balaban J connectivity index is 1.89. The normalized spacial score (nSPS) is 36.6. The maximum atomic E-state index is 12.3. The lowest BCUT2D eigenvalue weighted by molar-refractivity contribution is -0.128. The first-order chi connectivity index (χ1) is 8.76. The van der Waals surface area contributed by atoms with Crippen LogP contribution in [0.5, 0.6) is 0 Å². The minimum atomic E-state index is 0.0768. The molecule has 0 spiro atoms. The van der Waals surface area contributed by atoms with Crippen LogP contribution in [0.1, 0.15) is 45.4 Å². The van der Waals surface area contributed by atoms with Gasteiger partial charge in [0.05, 0.1) is 12.0 Å². The van der Waals surface area contributed by atoms with Crippen molar-refractivity contribution in [2.75, 3.05) is 11.9 Å². The van der Waals surface area contributed by atoms with E-state index in [0.29, 0.717) is 12.0 Å².